The van der Waals surface area contributed by atoms with Crippen LogP contribution in [-0.4, -0.2) is 79.5 Å². The van der Waals surface area contributed by atoms with Crippen LogP contribution < -0.4 is 15.5 Å². The number of piperazine rings is 1. The second-order valence-corrected chi connectivity index (χ2v) is 13.5. The number of anilines is 1. The molecule has 47 heavy (non-hydrogen) atoms. The van der Waals surface area contributed by atoms with Gasteiger partial charge in [-0.2, -0.15) is 0 Å². The molecule has 0 spiro atoms. The molecule has 1 saturated heterocycles. The van der Waals surface area contributed by atoms with Crippen LogP contribution in [0.3, 0.4) is 0 Å². The van der Waals surface area contributed by atoms with Gasteiger partial charge < -0.3 is 25.3 Å². The van der Waals surface area contributed by atoms with E-state index in [2.05, 4.69) is 102 Å². The largest absolute Gasteiger partial charge is 0.368 e. The monoisotopic (exact) mass is 635 g/mol. The Morgan fingerprint density at radius 2 is 1.60 bits per heavy atom. The van der Waals surface area contributed by atoms with E-state index in [1.54, 1.807) is 0 Å². The minimum atomic E-state index is -0.598. The number of likely N-dealkylation sites (N-methyl/N-ethyl adjacent to an activating group) is 1. The Morgan fingerprint density at radius 1 is 0.872 bits per heavy atom. The summed E-state index contributed by atoms with van der Waals surface area (Å²) in [6.07, 6.45) is 6.19. The zero-order chi connectivity index (χ0) is 32.8. The molecule has 3 aliphatic rings. The molecule has 3 aromatic carbocycles. The van der Waals surface area contributed by atoms with Gasteiger partial charge in [-0.1, -0.05) is 81.4 Å². The van der Waals surface area contributed by atoms with Crippen molar-refractivity contribution < 1.29 is 9.59 Å². The van der Waals surface area contributed by atoms with E-state index in [1.807, 2.05) is 11.0 Å². The molecule has 3 aromatic rings. The number of benzene rings is 3. The van der Waals surface area contributed by atoms with Gasteiger partial charge in [0.25, 0.3) is 0 Å². The lowest BCUT2D eigenvalue weighted by atomic mass is 9.86. The van der Waals surface area contributed by atoms with Crippen molar-refractivity contribution in [1.82, 2.24) is 20.4 Å². The summed E-state index contributed by atoms with van der Waals surface area (Å²) in [5, 5.41) is 6.72. The number of aryl methyl sites for hydroxylation is 2. The highest BCUT2D eigenvalue weighted by Gasteiger charge is 2.32. The van der Waals surface area contributed by atoms with Gasteiger partial charge in [0.1, 0.15) is 6.04 Å². The van der Waals surface area contributed by atoms with E-state index in [1.165, 1.54) is 39.9 Å². The van der Waals surface area contributed by atoms with Crippen LogP contribution in [0.1, 0.15) is 73.0 Å². The minimum absolute atomic E-state index is 0.0197. The lowest BCUT2D eigenvalue weighted by molar-refractivity contribution is -0.136. The highest BCUT2D eigenvalue weighted by atomic mass is 16.2. The van der Waals surface area contributed by atoms with E-state index < -0.39 is 6.04 Å². The second kappa shape index (κ2) is 15.5. The third-order valence-corrected chi connectivity index (χ3v) is 10.8. The summed E-state index contributed by atoms with van der Waals surface area (Å²) in [6.45, 7) is 12.6. The molecule has 2 amide bonds. The Bertz CT molecular complexity index is 1510. The van der Waals surface area contributed by atoms with Crippen molar-refractivity contribution in [2.24, 2.45) is 0 Å². The number of amides is 2. The van der Waals surface area contributed by atoms with Crippen LogP contribution in [0.4, 0.5) is 5.69 Å². The molecule has 2 heterocycles. The molecule has 7 nitrogen and oxygen atoms in total. The van der Waals surface area contributed by atoms with Crippen molar-refractivity contribution in [2.75, 3.05) is 50.7 Å². The maximum absolute atomic E-state index is 14.2. The summed E-state index contributed by atoms with van der Waals surface area (Å²) < 4.78 is 0. The molecular formula is C40H53N5O2. The lowest BCUT2D eigenvalue weighted by Crippen LogP contribution is -2.56. The molecule has 7 heteroatoms. The van der Waals surface area contributed by atoms with E-state index in [0.29, 0.717) is 32.0 Å². The molecule has 1 aliphatic carbocycles. The zero-order valence-electron chi connectivity index (χ0n) is 28.6. The van der Waals surface area contributed by atoms with Gasteiger partial charge in [-0.15, -0.1) is 0 Å². The summed E-state index contributed by atoms with van der Waals surface area (Å²) >= 11 is 0. The van der Waals surface area contributed by atoms with Crippen molar-refractivity contribution >= 4 is 17.5 Å². The predicted octanol–water partition coefficient (Wildman–Crippen LogP) is 5.10. The molecule has 1 fully saturated rings. The van der Waals surface area contributed by atoms with Crippen LogP contribution in [0.2, 0.25) is 0 Å². The van der Waals surface area contributed by atoms with Crippen LogP contribution in [0.5, 0.6) is 0 Å². The standard InChI is InChI=1S/C40H53N5O2/c1-4-29-14-16-30(17-15-29)26-37(42-39(46)28-36-34-12-8-7-10-32(34)20-21-41-36)40(47)45-24-22-44(23-25-45)38-13-9-11-31-18-19-33(27-35(31)38)43(5-2)6-3/h7-17,33,36-37,41H,4-6,18-28H2,1-3H3,(H,42,46)/t33-,36?,37-/m1/s1. The molecule has 0 saturated carbocycles. The topological polar surface area (TPSA) is 67.9 Å². The Kier molecular flexibility index (Phi) is 10.9. The maximum Gasteiger partial charge on any atom is 0.245 e. The van der Waals surface area contributed by atoms with Gasteiger partial charge in [0, 0.05) is 56.8 Å². The number of rotatable bonds is 11. The summed E-state index contributed by atoms with van der Waals surface area (Å²) in [4.78, 5) is 34.8. The maximum atomic E-state index is 14.2. The average molecular weight is 636 g/mol. The van der Waals surface area contributed by atoms with E-state index in [4.69, 9.17) is 0 Å². The van der Waals surface area contributed by atoms with E-state index in [9.17, 15) is 9.59 Å². The highest BCUT2D eigenvalue weighted by Crippen LogP contribution is 2.33. The third-order valence-electron chi connectivity index (χ3n) is 10.8. The summed E-state index contributed by atoms with van der Waals surface area (Å²) in [5.74, 6) is -0.0636. The summed E-state index contributed by atoms with van der Waals surface area (Å²) in [6, 6.07) is 23.6. The predicted molar refractivity (Wildman–Crippen MR) is 191 cm³/mol. The summed E-state index contributed by atoms with van der Waals surface area (Å²) in [5.41, 5.74) is 9.14. The van der Waals surface area contributed by atoms with Crippen LogP contribution in [0.25, 0.3) is 0 Å². The Hall–Kier alpha value is -3.68. The van der Waals surface area contributed by atoms with Gasteiger partial charge >= 0.3 is 0 Å². The van der Waals surface area contributed by atoms with Crippen molar-refractivity contribution in [3.05, 3.63) is 100 Å². The summed E-state index contributed by atoms with van der Waals surface area (Å²) in [7, 11) is 0. The number of carbonyl (C=O) groups is 2. The SMILES string of the molecule is CCc1ccc(C[C@@H](NC(=O)CC2NCCc3ccccc32)C(=O)N2CCN(c3cccc4c3C[C@H](N(CC)CC)CC4)CC2)cc1. The van der Waals surface area contributed by atoms with Gasteiger partial charge in [-0.05, 0) is 91.2 Å². The molecule has 6 rings (SSSR count). The van der Waals surface area contributed by atoms with Crippen molar-refractivity contribution in [2.45, 2.75) is 83.8 Å². The molecule has 0 aromatic heterocycles. The van der Waals surface area contributed by atoms with Crippen molar-refractivity contribution in [3.8, 4) is 0 Å². The number of hydrogen-bond acceptors (Lipinski definition) is 5. The van der Waals surface area contributed by atoms with Crippen LogP contribution >= 0.6 is 0 Å². The normalized spacial score (nSPS) is 20.0. The second-order valence-electron chi connectivity index (χ2n) is 13.5. The molecule has 0 bridgehead atoms. The highest BCUT2D eigenvalue weighted by molar-refractivity contribution is 5.88. The van der Waals surface area contributed by atoms with Gasteiger partial charge in [0.05, 0.1) is 0 Å². The van der Waals surface area contributed by atoms with E-state index in [-0.39, 0.29) is 17.9 Å². The van der Waals surface area contributed by atoms with Gasteiger partial charge in [-0.25, -0.2) is 0 Å². The first-order valence-corrected chi connectivity index (χ1v) is 18.0. The van der Waals surface area contributed by atoms with Gasteiger partial charge in [0.2, 0.25) is 11.8 Å². The fourth-order valence-corrected chi connectivity index (χ4v) is 8.05. The number of nitrogens with one attached hydrogen (secondary N) is 2. The minimum Gasteiger partial charge on any atom is -0.368 e. The Morgan fingerprint density at radius 3 is 2.34 bits per heavy atom. The van der Waals surface area contributed by atoms with Gasteiger partial charge in [0.15, 0.2) is 0 Å². The lowest BCUT2D eigenvalue weighted by Gasteiger charge is -2.40. The number of nitrogens with zero attached hydrogens (tertiary/aromatic N) is 3. The number of fused-ring (bicyclic) bond motifs is 2. The van der Waals surface area contributed by atoms with E-state index in [0.717, 1.165) is 64.0 Å². The smallest absolute Gasteiger partial charge is 0.245 e. The molecule has 3 atom stereocenters. The molecule has 2 aliphatic heterocycles. The Labute approximate surface area is 281 Å². The van der Waals surface area contributed by atoms with Crippen LogP contribution in [-0.2, 0) is 41.7 Å². The Balaban J connectivity index is 1.14. The first-order valence-electron chi connectivity index (χ1n) is 18.0. The average Bonchev–Trinajstić information content (AvgIpc) is 3.12. The molecule has 1 unspecified atom stereocenters. The quantitative estimate of drug-likeness (QED) is 0.307. The van der Waals surface area contributed by atoms with Gasteiger partial charge in [-0.3, -0.25) is 9.59 Å². The molecule has 0 radical (unpaired) electrons. The van der Waals surface area contributed by atoms with Crippen molar-refractivity contribution in [1.29, 1.82) is 0 Å². The fraction of sp³-hybridized carbons (Fsp3) is 0.500. The van der Waals surface area contributed by atoms with Crippen molar-refractivity contribution in [3.63, 3.8) is 0 Å². The number of carbonyl (C=O) groups excluding carboxylic acids is 2. The zero-order valence-corrected chi connectivity index (χ0v) is 28.6. The van der Waals surface area contributed by atoms with Crippen LogP contribution in [0, 0.1) is 0 Å². The first-order chi connectivity index (χ1) is 23.0. The first kappa shape index (κ1) is 33.2. The molecule has 250 valence electrons. The molecule has 2 N–H and O–H groups in total. The van der Waals surface area contributed by atoms with Crippen LogP contribution in [0.15, 0.2) is 66.7 Å². The molecular weight excluding hydrogens is 582 g/mol. The number of hydrogen-bond donors (Lipinski definition) is 2. The fourth-order valence-electron chi connectivity index (χ4n) is 8.05. The third kappa shape index (κ3) is 7.73. The van der Waals surface area contributed by atoms with E-state index >= 15 is 0 Å².